The summed E-state index contributed by atoms with van der Waals surface area (Å²) < 4.78 is 0. The molecule has 0 aliphatic heterocycles. The Morgan fingerprint density at radius 1 is 0.583 bits per heavy atom. The molecule has 130 valence electrons. The van der Waals surface area contributed by atoms with Gasteiger partial charge in [0, 0.05) is 0 Å². The zero-order valence-corrected chi connectivity index (χ0v) is 19.0. The summed E-state index contributed by atoms with van der Waals surface area (Å²) in [7, 11) is -2.44. The van der Waals surface area contributed by atoms with E-state index in [0.29, 0.717) is 0 Å². The molecule has 2 aromatic rings. The van der Waals surface area contributed by atoms with E-state index in [1.165, 1.54) is 10.4 Å². The highest BCUT2D eigenvalue weighted by Gasteiger charge is 2.67. The maximum Gasteiger partial charge on any atom is 0.254 e. The summed E-state index contributed by atoms with van der Waals surface area (Å²) in [6, 6.07) is 21.6. The van der Waals surface area contributed by atoms with Crippen LogP contribution in [0.4, 0.5) is 0 Å². The van der Waals surface area contributed by atoms with Gasteiger partial charge in [-0.2, -0.15) is 0 Å². The highest BCUT2D eigenvalue weighted by molar-refractivity contribution is 7.81. The lowest BCUT2D eigenvalue weighted by Gasteiger charge is -2.54. The second-order valence-electron chi connectivity index (χ2n) is 8.56. The van der Waals surface area contributed by atoms with Gasteiger partial charge < -0.3 is 0 Å². The van der Waals surface area contributed by atoms with Crippen molar-refractivity contribution in [2.45, 2.75) is 51.6 Å². The summed E-state index contributed by atoms with van der Waals surface area (Å²) in [4.78, 5) is 0. The fraction of sp³-hybridized carbons (Fsp3) is 0.400. The summed E-state index contributed by atoms with van der Waals surface area (Å²) in [6.45, 7) is 13.6. The van der Waals surface area contributed by atoms with Gasteiger partial charge in [0.05, 0.1) is 0 Å². The van der Waals surface area contributed by atoms with Crippen LogP contribution in [-0.2, 0) is 0 Å². The lowest BCUT2D eigenvalue weighted by molar-refractivity contribution is 0.722. The molecule has 2 rings (SSSR count). The maximum absolute atomic E-state index is 7.45. The Bertz CT molecular complexity index is 629. The van der Waals surface area contributed by atoms with E-state index in [-0.39, 0.29) is 10.1 Å². The Labute approximate surface area is 158 Å². The smallest absolute Gasteiger partial charge is 0.148 e. The molecule has 0 saturated carbocycles. The fourth-order valence-corrected chi connectivity index (χ4v) is 28.5. The second kappa shape index (κ2) is 6.64. The van der Waals surface area contributed by atoms with Crippen LogP contribution >= 0.6 is 22.2 Å². The van der Waals surface area contributed by atoms with Gasteiger partial charge in [0.15, 0.2) is 7.59 Å². The van der Waals surface area contributed by atoms with Crippen LogP contribution in [-0.4, -0.2) is 13.8 Å². The van der Waals surface area contributed by atoms with Crippen molar-refractivity contribution in [2.24, 2.45) is 0 Å². The summed E-state index contributed by atoms with van der Waals surface area (Å²) in [5.74, 6) is 0. The lowest BCUT2D eigenvalue weighted by Crippen LogP contribution is -2.79. The standard InChI is InChI=1S/C20H28Cl2Si2/c1-19(2,3)23(17-13-9-7-10-14-17,18-15-11-8-12-16-18)24(21,22)20(4,5)6/h7-16H,1-6H3. The van der Waals surface area contributed by atoms with Crippen LogP contribution in [0, 0.1) is 0 Å². The molecule has 0 aromatic heterocycles. The van der Waals surface area contributed by atoms with Crippen LogP contribution < -0.4 is 10.4 Å². The highest BCUT2D eigenvalue weighted by atomic mass is 35.7. The number of halogens is 2. The third-order valence-electron chi connectivity index (χ3n) is 4.95. The largest absolute Gasteiger partial charge is 0.254 e. The third kappa shape index (κ3) is 3.03. The molecule has 0 aliphatic rings. The third-order valence-corrected chi connectivity index (χ3v) is 30.0. The maximum atomic E-state index is 7.45. The van der Waals surface area contributed by atoms with E-state index < -0.39 is 13.8 Å². The van der Waals surface area contributed by atoms with Gasteiger partial charge in [-0.3, -0.25) is 0 Å². The molecule has 0 fully saturated rings. The van der Waals surface area contributed by atoms with Crippen molar-refractivity contribution >= 4 is 46.3 Å². The van der Waals surface area contributed by atoms with Crippen LogP contribution in [0.3, 0.4) is 0 Å². The average molecular weight is 396 g/mol. The molecule has 0 aliphatic carbocycles. The molecule has 0 radical (unpaired) electrons. The number of benzene rings is 2. The van der Waals surface area contributed by atoms with E-state index >= 15 is 0 Å². The Morgan fingerprint density at radius 2 is 0.917 bits per heavy atom. The van der Waals surface area contributed by atoms with Gasteiger partial charge >= 0.3 is 0 Å². The van der Waals surface area contributed by atoms with Crippen molar-refractivity contribution in [1.82, 2.24) is 0 Å². The predicted molar refractivity (Wildman–Crippen MR) is 115 cm³/mol. The number of hydrogen-bond donors (Lipinski definition) is 0. The van der Waals surface area contributed by atoms with Crippen LogP contribution in [0.2, 0.25) is 10.1 Å². The zero-order chi connectivity index (χ0) is 18.2. The van der Waals surface area contributed by atoms with E-state index in [9.17, 15) is 0 Å². The molecule has 0 saturated heterocycles. The van der Waals surface area contributed by atoms with Crippen LogP contribution in [0.1, 0.15) is 41.5 Å². The molecule has 0 amide bonds. The summed E-state index contributed by atoms with van der Waals surface area (Å²) in [6.07, 6.45) is -2.72. The molecule has 24 heavy (non-hydrogen) atoms. The minimum absolute atomic E-state index is 0.00128. The molecule has 0 nitrogen and oxygen atoms in total. The normalized spacial score (nSPS) is 13.8. The lowest BCUT2D eigenvalue weighted by atomic mass is 10.2. The van der Waals surface area contributed by atoms with Crippen molar-refractivity contribution in [2.75, 3.05) is 0 Å². The van der Waals surface area contributed by atoms with Crippen molar-refractivity contribution in [1.29, 1.82) is 0 Å². The molecule has 0 spiro atoms. The first-order chi connectivity index (χ1) is 11.0. The first-order valence-corrected chi connectivity index (χ1v) is 15.5. The van der Waals surface area contributed by atoms with Gasteiger partial charge in [-0.15, -0.1) is 22.2 Å². The highest BCUT2D eigenvalue weighted by Crippen LogP contribution is 2.54. The number of rotatable bonds is 3. The van der Waals surface area contributed by atoms with Gasteiger partial charge in [-0.05, 0) is 10.1 Å². The van der Waals surface area contributed by atoms with Crippen LogP contribution in [0.15, 0.2) is 60.7 Å². The molecule has 0 unspecified atom stereocenters. The molecular formula is C20H28Cl2Si2. The van der Waals surface area contributed by atoms with Crippen molar-refractivity contribution in [3.8, 4) is 0 Å². The van der Waals surface area contributed by atoms with Crippen LogP contribution in [0.5, 0.6) is 0 Å². The van der Waals surface area contributed by atoms with Crippen LogP contribution in [0.25, 0.3) is 0 Å². The van der Waals surface area contributed by atoms with E-state index in [2.05, 4.69) is 102 Å². The van der Waals surface area contributed by atoms with Gasteiger partial charge in [0.25, 0.3) is 6.21 Å². The van der Waals surface area contributed by atoms with Crippen molar-refractivity contribution < 1.29 is 0 Å². The summed E-state index contributed by atoms with van der Waals surface area (Å²) in [5.41, 5.74) is 0. The minimum atomic E-state index is -2.72. The average Bonchev–Trinajstić information content (AvgIpc) is 2.47. The topological polar surface area (TPSA) is 0 Å². The molecule has 0 atom stereocenters. The Morgan fingerprint density at radius 3 is 1.17 bits per heavy atom. The number of hydrogen-bond acceptors (Lipinski definition) is 0. The molecule has 0 N–H and O–H groups in total. The monoisotopic (exact) mass is 394 g/mol. The van der Waals surface area contributed by atoms with Crippen molar-refractivity contribution in [3.05, 3.63) is 60.7 Å². The summed E-state index contributed by atoms with van der Waals surface area (Å²) in [5, 5.41) is 2.56. The second-order valence-corrected chi connectivity index (χ2v) is 25.7. The van der Waals surface area contributed by atoms with E-state index in [0.717, 1.165) is 0 Å². The Balaban J connectivity index is 2.97. The first-order valence-electron chi connectivity index (χ1n) is 8.45. The van der Waals surface area contributed by atoms with E-state index in [1.807, 2.05) is 0 Å². The quantitative estimate of drug-likeness (QED) is 0.452. The molecular weight excluding hydrogens is 367 g/mol. The Kier molecular flexibility index (Phi) is 5.47. The van der Waals surface area contributed by atoms with E-state index in [4.69, 9.17) is 22.2 Å². The van der Waals surface area contributed by atoms with Gasteiger partial charge in [-0.25, -0.2) is 0 Å². The van der Waals surface area contributed by atoms with Gasteiger partial charge in [0.1, 0.15) is 0 Å². The van der Waals surface area contributed by atoms with Gasteiger partial charge in [-0.1, -0.05) is 113 Å². The SMILES string of the molecule is CC(C)(C)[Si](Cl)(Cl)[Si](c1ccccc1)(c1ccccc1)C(C)(C)C. The van der Waals surface area contributed by atoms with Crippen molar-refractivity contribution in [3.63, 3.8) is 0 Å². The molecule has 0 heterocycles. The summed E-state index contributed by atoms with van der Waals surface area (Å²) >= 11 is 14.9. The molecule has 0 bridgehead atoms. The van der Waals surface area contributed by atoms with E-state index in [1.54, 1.807) is 0 Å². The minimum Gasteiger partial charge on any atom is -0.148 e. The molecule has 4 heteroatoms. The van der Waals surface area contributed by atoms with Gasteiger partial charge in [0.2, 0.25) is 0 Å². The zero-order valence-electron chi connectivity index (χ0n) is 15.5. The predicted octanol–water partition coefficient (Wildman–Crippen LogP) is 5.85. The first kappa shape index (κ1) is 19.8. The molecule has 2 aromatic carbocycles. The fourth-order valence-electron chi connectivity index (χ4n) is 3.81. The Hall–Kier alpha value is -0.546.